The summed E-state index contributed by atoms with van der Waals surface area (Å²) in [5, 5.41) is 4.50. The minimum Gasteiger partial charge on any atom is -0.478 e. The van der Waals surface area contributed by atoms with Crippen molar-refractivity contribution in [2.75, 3.05) is 27.2 Å². The van der Waals surface area contributed by atoms with E-state index < -0.39 is 0 Å². The largest absolute Gasteiger partial charge is 0.478 e. The van der Waals surface area contributed by atoms with Gasteiger partial charge in [0, 0.05) is 12.6 Å². The van der Waals surface area contributed by atoms with Crippen LogP contribution in [0.1, 0.15) is 17.7 Å². The highest BCUT2D eigenvalue weighted by Crippen LogP contribution is 2.15. The Hall–Kier alpha value is -1.81. The van der Waals surface area contributed by atoms with Gasteiger partial charge in [-0.05, 0) is 33.0 Å². The van der Waals surface area contributed by atoms with E-state index in [0.29, 0.717) is 0 Å². The summed E-state index contributed by atoms with van der Waals surface area (Å²) in [6.07, 6.45) is 1.02. The number of hydrogen-bond donors (Lipinski definition) is 0. The van der Waals surface area contributed by atoms with Gasteiger partial charge in [-0.25, -0.2) is 4.68 Å². The average molecular weight is 273 g/mol. The lowest BCUT2D eigenvalue weighted by Crippen LogP contribution is -2.16. The van der Waals surface area contributed by atoms with E-state index in [-0.39, 0.29) is 0 Å². The Morgan fingerprint density at radius 1 is 1.20 bits per heavy atom. The van der Waals surface area contributed by atoms with E-state index in [4.69, 9.17) is 4.74 Å². The molecule has 0 saturated heterocycles. The normalized spacial score (nSPS) is 11.0. The Bertz CT molecular complexity index is 520. The van der Waals surface area contributed by atoms with Crippen molar-refractivity contribution >= 4 is 0 Å². The number of ether oxygens (including phenoxy) is 1. The first-order valence-corrected chi connectivity index (χ1v) is 7.01. The summed E-state index contributed by atoms with van der Waals surface area (Å²) >= 11 is 0. The van der Waals surface area contributed by atoms with Gasteiger partial charge in [-0.2, -0.15) is 5.10 Å². The second kappa shape index (κ2) is 7.10. The van der Waals surface area contributed by atoms with E-state index in [2.05, 4.69) is 36.2 Å². The second-order valence-corrected chi connectivity index (χ2v) is 5.27. The van der Waals surface area contributed by atoms with Gasteiger partial charge in [-0.15, -0.1) is 0 Å². The summed E-state index contributed by atoms with van der Waals surface area (Å²) in [5.41, 5.74) is 2.22. The van der Waals surface area contributed by atoms with Gasteiger partial charge < -0.3 is 9.64 Å². The highest BCUT2D eigenvalue weighted by molar-refractivity contribution is 5.20. The molecule has 0 aliphatic heterocycles. The molecule has 0 fully saturated rings. The fourth-order valence-electron chi connectivity index (χ4n) is 2.07. The van der Waals surface area contributed by atoms with Crippen LogP contribution in [0.5, 0.6) is 5.88 Å². The molecule has 0 amide bonds. The van der Waals surface area contributed by atoms with E-state index in [0.717, 1.165) is 37.7 Å². The summed E-state index contributed by atoms with van der Waals surface area (Å²) in [6, 6.07) is 12.3. The molecule has 1 heterocycles. The lowest BCUT2D eigenvalue weighted by atomic mass is 10.2. The summed E-state index contributed by atoms with van der Waals surface area (Å²) in [6.45, 7) is 4.50. The molecule has 0 unspecified atom stereocenters. The molecule has 2 aromatic rings. The van der Waals surface area contributed by atoms with Crippen LogP contribution in [-0.2, 0) is 6.54 Å². The van der Waals surface area contributed by atoms with Gasteiger partial charge in [0.25, 0.3) is 0 Å². The van der Waals surface area contributed by atoms with Crippen LogP contribution in [0, 0.1) is 6.92 Å². The molecule has 0 aliphatic carbocycles. The van der Waals surface area contributed by atoms with Crippen molar-refractivity contribution in [3.63, 3.8) is 0 Å². The van der Waals surface area contributed by atoms with Crippen LogP contribution in [0.4, 0.5) is 0 Å². The number of hydrogen-bond acceptors (Lipinski definition) is 3. The lowest BCUT2D eigenvalue weighted by Gasteiger charge is -2.11. The van der Waals surface area contributed by atoms with Gasteiger partial charge in [0.05, 0.1) is 18.8 Å². The third kappa shape index (κ3) is 4.38. The molecular formula is C16H23N3O. The number of rotatable bonds is 7. The van der Waals surface area contributed by atoms with Crippen LogP contribution in [0.3, 0.4) is 0 Å². The molecule has 4 nitrogen and oxygen atoms in total. The van der Waals surface area contributed by atoms with E-state index in [1.54, 1.807) is 0 Å². The number of aryl methyl sites for hydroxylation is 1. The van der Waals surface area contributed by atoms with Crippen LogP contribution in [0.25, 0.3) is 0 Å². The quantitative estimate of drug-likeness (QED) is 0.726. The maximum absolute atomic E-state index is 5.85. The summed E-state index contributed by atoms with van der Waals surface area (Å²) in [5.74, 6) is 0.852. The van der Waals surface area contributed by atoms with Crippen LogP contribution in [-0.4, -0.2) is 41.9 Å². The first-order valence-electron chi connectivity index (χ1n) is 7.01. The zero-order valence-corrected chi connectivity index (χ0v) is 12.5. The first-order chi connectivity index (χ1) is 9.65. The van der Waals surface area contributed by atoms with Crippen LogP contribution >= 0.6 is 0 Å². The predicted octanol–water partition coefficient (Wildman–Crippen LogP) is 2.57. The monoisotopic (exact) mass is 273 g/mol. The highest BCUT2D eigenvalue weighted by Gasteiger charge is 2.07. The SMILES string of the molecule is Cc1cc(OCCCN(C)C)n(Cc2ccccc2)n1. The number of nitrogens with zero attached hydrogens (tertiary/aromatic N) is 3. The molecule has 0 radical (unpaired) electrons. The molecule has 0 saturated carbocycles. The topological polar surface area (TPSA) is 30.3 Å². The second-order valence-electron chi connectivity index (χ2n) is 5.27. The Morgan fingerprint density at radius 2 is 1.95 bits per heavy atom. The predicted molar refractivity (Wildman–Crippen MR) is 81.2 cm³/mol. The van der Waals surface area contributed by atoms with Gasteiger partial charge in [0.2, 0.25) is 5.88 Å². The van der Waals surface area contributed by atoms with E-state index in [9.17, 15) is 0 Å². The number of benzene rings is 1. The zero-order valence-electron chi connectivity index (χ0n) is 12.5. The summed E-state index contributed by atoms with van der Waals surface area (Å²) in [7, 11) is 4.15. The van der Waals surface area contributed by atoms with Gasteiger partial charge in [-0.1, -0.05) is 30.3 Å². The van der Waals surface area contributed by atoms with Crippen LogP contribution in [0.15, 0.2) is 36.4 Å². The Balaban J connectivity index is 1.95. The van der Waals surface area contributed by atoms with Crippen molar-refractivity contribution < 1.29 is 4.74 Å². The Morgan fingerprint density at radius 3 is 2.65 bits per heavy atom. The average Bonchev–Trinajstić information content (AvgIpc) is 2.76. The van der Waals surface area contributed by atoms with Crippen molar-refractivity contribution in [2.45, 2.75) is 19.9 Å². The van der Waals surface area contributed by atoms with Crippen molar-refractivity contribution in [3.05, 3.63) is 47.7 Å². The van der Waals surface area contributed by atoms with Crippen molar-refractivity contribution in [2.24, 2.45) is 0 Å². The molecule has 108 valence electrons. The zero-order chi connectivity index (χ0) is 14.4. The molecule has 0 spiro atoms. The molecule has 1 aromatic heterocycles. The summed E-state index contributed by atoms with van der Waals surface area (Å²) in [4.78, 5) is 2.16. The van der Waals surface area contributed by atoms with Gasteiger partial charge in [-0.3, -0.25) is 0 Å². The van der Waals surface area contributed by atoms with Crippen molar-refractivity contribution in [1.82, 2.24) is 14.7 Å². The Labute approximate surface area is 121 Å². The van der Waals surface area contributed by atoms with E-state index >= 15 is 0 Å². The third-order valence-corrected chi connectivity index (χ3v) is 3.04. The van der Waals surface area contributed by atoms with Gasteiger partial charge >= 0.3 is 0 Å². The standard InChI is InChI=1S/C16H23N3O/c1-14-12-16(20-11-7-10-18(2)3)19(17-14)13-15-8-5-4-6-9-15/h4-6,8-9,12H,7,10-11,13H2,1-3H3. The minimum absolute atomic E-state index is 0.720. The van der Waals surface area contributed by atoms with E-state index in [1.807, 2.05) is 35.9 Å². The van der Waals surface area contributed by atoms with Crippen molar-refractivity contribution in [3.8, 4) is 5.88 Å². The molecule has 0 aliphatic rings. The van der Waals surface area contributed by atoms with Gasteiger partial charge in [0.1, 0.15) is 0 Å². The smallest absolute Gasteiger partial charge is 0.212 e. The molecule has 1 aromatic carbocycles. The number of aromatic nitrogens is 2. The van der Waals surface area contributed by atoms with Gasteiger partial charge in [0.15, 0.2) is 0 Å². The molecule has 0 atom stereocenters. The molecule has 4 heteroatoms. The molecular weight excluding hydrogens is 250 g/mol. The fourth-order valence-corrected chi connectivity index (χ4v) is 2.07. The third-order valence-electron chi connectivity index (χ3n) is 3.04. The first kappa shape index (κ1) is 14.6. The van der Waals surface area contributed by atoms with E-state index in [1.165, 1.54) is 5.56 Å². The van der Waals surface area contributed by atoms with Crippen LogP contribution in [0.2, 0.25) is 0 Å². The fraction of sp³-hybridized carbons (Fsp3) is 0.438. The summed E-state index contributed by atoms with van der Waals surface area (Å²) < 4.78 is 7.79. The minimum atomic E-state index is 0.720. The molecule has 2 rings (SSSR count). The maximum Gasteiger partial charge on any atom is 0.212 e. The Kier molecular flexibility index (Phi) is 5.18. The van der Waals surface area contributed by atoms with Crippen LogP contribution < -0.4 is 4.74 Å². The maximum atomic E-state index is 5.85. The molecule has 20 heavy (non-hydrogen) atoms. The lowest BCUT2D eigenvalue weighted by molar-refractivity contribution is 0.260. The highest BCUT2D eigenvalue weighted by atomic mass is 16.5. The van der Waals surface area contributed by atoms with Crippen molar-refractivity contribution in [1.29, 1.82) is 0 Å². The molecule has 0 N–H and O–H groups in total. The molecule has 0 bridgehead atoms.